The van der Waals surface area contributed by atoms with E-state index < -0.39 is 0 Å². The van der Waals surface area contributed by atoms with Crippen LogP contribution in [0.25, 0.3) is 0 Å². The SMILES string of the molecule is CCCCCCCCCCC(CC(=O)OCC)C(=O)OCC(C)C. The van der Waals surface area contributed by atoms with Crippen molar-refractivity contribution in [1.82, 2.24) is 0 Å². The van der Waals surface area contributed by atoms with Crippen LogP contribution in [0.4, 0.5) is 0 Å². The van der Waals surface area contributed by atoms with Gasteiger partial charge in [0.15, 0.2) is 0 Å². The minimum Gasteiger partial charge on any atom is -0.466 e. The van der Waals surface area contributed by atoms with E-state index in [1.807, 2.05) is 13.8 Å². The number of unbranched alkanes of at least 4 members (excludes halogenated alkanes) is 7. The topological polar surface area (TPSA) is 52.6 Å². The molecule has 0 heterocycles. The molecule has 0 amide bonds. The fourth-order valence-corrected chi connectivity index (χ4v) is 2.62. The monoisotopic (exact) mass is 342 g/mol. The first-order chi connectivity index (χ1) is 11.5. The summed E-state index contributed by atoms with van der Waals surface area (Å²) < 4.78 is 10.3. The van der Waals surface area contributed by atoms with Crippen LogP contribution in [0.5, 0.6) is 0 Å². The van der Waals surface area contributed by atoms with Crippen molar-refractivity contribution in [1.29, 1.82) is 0 Å². The summed E-state index contributed by atoms with van der Waals surface area (Å²) in [6.45, 7) is 8.78. The highest BCUT2D eigenvalue weighted by atomic mass is 16.5. The summed E-state index contributed by atoms with van der Waals surface area (Å²) in [5.41, 5.74) is 0. The Morgan fingerprint density at radius 3 is 1.96 bits per heavy atom. The Bertz CT molecular complexity index is 326. The van der Waals surface area contributed by atoms with E-state index in [1.54, 1.807) is 6.92 Å². The van der Waals surface area contributed by atoms with Crippen LogP contribution in [0.2, 0.25) is 0 Å². The molecule has 0 spiro atoms. The number of esters is 2. The molecular weight excluding hydrogens is 304 g/mol. The summed E-state index contributed by atoms with van der Waals surface area (Å²) in [6.07, 6.45) is 10.6. The van der Waals surface area contributed by atoms with Crippen LogP contribution >= 0.6 is 0 Å². The van der Waals surface area contributed by atoms with Crippen LogP contribution in [0, 0.1) is 11.8 Å². The largest absolute Gasteiger partial charge is 0.466 e. The molecule has 1 atom stereocenters. The number of hydrogen-bond donors (Lipinski definition) is 0. The lowest BCUT2D eigenvalue weighted by Crippen LogP contribution is -2.23. The molecule has 0 aromatic carbocycles. The third-order valence-corrected chi connectivity index (χ3v) is 4.02. The van der Waals surface area contributed by atoms with Gasteiger partial charge in [-0.05, 0) is 19.3 Å². The van der Waals surface area contributed by atoms with Gasteiger partial charge in [0.05, 0.1) is 25.6 Å². The molecule has 4 nitrogen and oxygen atoms in total. The fraction of sp³-hybridized carbons (Fsp3) is 0.900. The summed E-state index contributed by atoms with van der Waals surface area (Å²) in [5, 5.41) is 0. The molecule has 0 aromatic heterocycles. The molecule has 24 heavy (non-hydrogen) atoms. The maximum atomic E-state index is 12.2. The second-order valence-corrected chi connectivity index (χ2v) is 6.99. The van der Waals surface area contributed by atoms with Gasteiger partial charge in [-0.3, -0.25) is 9.59 Å². The molecule has 0 saturated carbocycles. The van der Waals surface area contributed by atoms with Gasteiger partial charge in [-0.15, -0.1) is 0 Å². The number of rotatable bonds is 15. The predicted molar refractivity (Wildman–Crippen MR) is 97.8 cm³/mol. The number of carbonyl (C=O) groups excluding carboxylic acids is 2. The van der Waals surface area contributed by atoms with Crippen LogP contribution in [0.3, 0.4) is 0 Å². The highest BCUT2D eigenvalue weighted by molar-refractivity contribution is 5.79. The Morgan fingerprint density at radius 1 is 0.833 bits per heavy atom. The van der Waals surface area contributed by atoms with Crippen LogP contribution in [-0.4, -0.2) is 25.2 Å². The number of carbonyl (C=O) groups is 2. The van der Waals surface area contributed by atoms with Gasteiger partial charge in [0, 0.05) is 0 Å². The maximum absolute atomic E-state index is 12.2. The fourth-order valence-electron chi connectivity index (χ4n) is 2.62. The Balaban J connectivity index is 4.10. The van der Waals surface area contributed by atoms with Crippen molar-refractivity contribution in [3.63, 3.8) is 0 Å². The normalized spacial score (nSPS) is 12.2. The summed E-state index contributed by atoms with van der Waals surface area (Å²) in [7, 11) is 0. The molecule has 0 bridgehead atoms. The zero-order valence-electron chi connectivity index (χ0n) is 16.3. The van der Waals surface area contributed by atoms with E-state index in [4.69, 9.17) is 9.47 Å². The summed E-state index contributed by atoms with van der Waals surface area (Å²) in [5.74, 6) is -0.605. The van der Waals surface area contributed by atoms with Gasteiger partial charge < -0.3 is 9.47 Å². The van der Waals surface area contributed by atoms with Crippen molar-refractivity contribution in [3.05, 3.63) is 0 Å². The summed E-state index contributed by atoms with van der Waals surface area (Å²) >= 11 is 0. The Labute approximate surface area is 148 Å². The van der Waals surface area contributed by atoms with Crippen LogP contribution in [0.15, 0.2) is 0 Å². The minimum absolute atomic E-state index is 0.140. The average Bonchev–Trinajstić information content (AvgIpc) is 2.54. The van der Waals surface area contributed by atoms with Crippen molar-refractivity contribution in [2.24, 2.45) is 11.8 Å². The molecule has 0 saturated heterocycles. The van der Waals surface area contributed by atoms with Crippen LogP contribution < -0.4 is 0 Å². The van der Waals surface area contributed by atoms with Crippen LogP contribution in [0.1, 0.15) is 91.9 Å². The molecule has 0 rings (SSSR count). The summed E-state index contributed by atoms with van der Waals surface area (Å²) in [6, 6.07) is 0. The maximum Gasteiger partial charge on any atom is 0.309 e. The summed E-state index contributed by atoms with van der Waals surface area (Å²) in [4.78, 5) is 23.9. The first-order valence-electron chi connectivity index (χ1n) is 9.83. The van der Waals surface area contributed by atoms with Crippen molar-refractivity contribution in [3.8, 4) is 0 Å². The van der Waals surface area contributed by atoms with E-state index in [2.05, 4.69) is 6.92 Å². The smallest absolute Gasteiger partial charge is 0.309 e. The van der Waals surface area contributed by atoms with Gasteiger partial charge >= 0.3 is 11.9 Å². The Morgan fingerprint density at radius 2 is 1.42 bits per heavy atom. The molecule has 1 unspecified atom stereocenters. The van der Waals surface area contributed by atoms with Gasteiger partial charge in [0.1, 0.15) is 0 Å². The first kappa shape index (κ1) is 22.9. The van der Waals surface area contributed by atoms with Gasteiger partial charge in [-0.1, -0.05) is 72.1 Å². The molecule has 0 aliphatic rings. The molecule has 0 fully saturated rings. The van der Waals surface area contributed by atoms with Gasteiger partial charge in [0.2, 0.25) is 0 Å². The van der Waals surface area contributed by atoms with E-state index in [0.29, 0.717) is 25.6 Å². The zero-order chi connectivity index (χ0) is 18.2. The van der Waals surface area contributed by atoms with E-state index in [1.165, 1.54) is 38.5 Å². The van der Waals surface area contributed by atoms with Crippen molar-refractivity contribution in [2.75, 3.05) is 13.2 Å². The lowest BCUT2D eigenvalue weighted by atomic mass is 9.97. The van der Waals surface area contributed by atoms with E-state index in [-0.39, 0.29) is 24.3 Å². The third kappa shape index (κ3) is 13.4. The second kappa shape index (κ2) is 15.5. The lowest BCUT2D eigenvalue weighted by Gasteiger charge is -2.16. The molecule has 0 aliphatic heterocycles. The highest BCUT2D eigenvalue weighted by Crippen LogP contribution is 2.18. The molecular formula is C20H38O4. The molecule has 142 valence electrons. The van der Waals surface area contributed by atoms with E-state index in [0.717, 1.165) is 12.8 Å². The van der Waals surface area contributed by atoms with Gasteiger partial charge in [-0.25, -0.2) is 0 Å². The number of ether oxygens (including phenoxy) is 2. The Hall–Kier alpha value is -1.06. The van der Waals surface area contributed by atoms with Crippen LogP contribution in [-0.2, 0) is 19.1 Å². The minimum atomic E-state index is -0.358. The highest BCUT2D eigenvalue weighted by Gasteiger charge is 2.24. The van der Waals surface area contributed by atoms with E-state index >= 15 is 0 Å². The molecule has 0 aromatic rings. The predicted octanol–water partition coefficient (Wildman–Crippen LogP) is 5.29. The average molecular weight is 343 g/mol. The van der Waals surface area contributed by atoms with Crippen molar-refractivity contribution in [2.45, 2.75) is 91.9 Å². The molecule has 0 N–H and O–H groups in total. The van der Waals surface area contributed by atoms with Crippen molar-refractivity contribution >= 4 is 11.9 Å². The van der Waals surface area contributed by atoms with Crippen molar-refractivity contribution < 1.29 is 19.1 Å². The molecule has 4 heteroatoms. The quantitative estimate of drug-likeness (QED) is 0.300. The molecule has 0 aliphatic carbocycles. The van der Waals surface area contributed by atoms with Gasteiger partial charge in [0.25, 0.3) is 0 Å². The van der Waals surface area contributed by atoms with Gasteiger partial charge in [-0.2, -0.15) is 0 Å². The third-order valence-electron chi connectivity index (χ3n) is 4.02. The standard InChI is InChI=1S/C20H38O4/c1-5-7-8-9-10-11-12-13-14-18(15-19(21)23-6-2)20(22)24-16-17(3)4/h17-18H,5-16H2,1-4H3. The lowest BCUT2D eigenvalue weighted by molar-refractivity contribution is -0.156. The zero-order valence-corrected chi connectivity index (χ0v) is 16.3. The number of hydrogen-bond acceptors (Lipinski definition) is 4. The second-order valence-electron chi connectivity index (χ2n) is 6.99. The van der Waals surface area contributed by atoms with E-state index in [9.17, 15) is 9.59 Å². The Kier molecular flexibility index (Phi) is 14.8. The molecule has 0 radical (unpaired) electrons. The first-order valence-corrected chi connectivity index (χ1v) is 9.83.